The van der Waals surface area contributed by atoms with Gasteiger partial charge in [0.2, 0.25) is 10.0 Å². The molecule has 1 aromatic carbocycles. The third-order valence-electron chi connectivity index (χ3n) is 4.10. The Morgan fingerprint density at radius 1 is 1.28 bits per heavy atom. The zero-order valence-corrected chi connectivity index (χ0v) is 15.1. The van der Waals surface area contributed by atoms with E-state index >= 15 is 0 Å². The first-order valence-corrected chi connectivity index (χ1v) is 10.3. The van der Waals surface area contributed by atoms with Crippen LogP contribution in [0.4, 0.5) is 14.9 Å². The van der Waals surface area contributed by atoms with Crippen LogP contribution in [0.15, 0.2) is 24.3 Å². The first-order chi connectivity index (χ1) is 11.9. The quantitative estimate of drug-likeness (QED) is 0.768. The first kappa shape index (κ1) is 19.7. The minimum absolute atomic E-state index is 0.122. The molecule has 0 radical (unpaired) electrons. The van der Waals surface area contributed by atoms with Crippen molar-refractivity contribution in [1.82, 2.24) is 4.72 Å². The number of rotatable bonds is 7. The van der Waals surface area contributed by atoms with Crippen LogP contribution in [-0.4, -0.2) is 32.4 Å². The van der Waals surface area contributed by atoms with E-state index < -0.39 is 16.1 Å². The number of nitrogens with one attached hydrogen (secondary N) is 2. The number of amides is 1. The Bertz CT molecular complexity index is 664. The normalized spacial score (nSPS) is 20.9. The fourth-order valence-corrected chi connectivity index (χ4v) is 4.35. The van der Waals surface area contributed by atoms with Crippen LogP contribution in [0, 0.1) is 5.82 Å². The van der Waals surface area contributed by atoms with E-state index in [1.54, 1.807) is 0 Å². The molecule has 1 saturated carbocycles. The van der Waals surface area contributed by atoms with Crippen LogP contribution < -0.4 is 10.0 Å². The predicted molar refractivity (Wildman–Crippen MR) is 94.4 cm³/mol. The standard InChI is InChI=1S/C17H25FN2O4S/c1-2-3-11-25(22,23)20-15-5-4-6-16(12-15)24-17(21)19-14-9-7-13(18)8-10-14/h7-10,15-16,20H,2-6,11-12H2,1H3,(H,19,21)/t15-,16-/m1/s1. The third kappa shape index (κ3) is 6.99. The number of unbranched alkanes of at least 4 members (excludes halogenated alkanes) is 1. The Hall–Kier alpha value is -1.67. The molecule has 140 valence electrons. The molecule has 0 bridgehead atoms. The summed E-state index contributed by atoms with van der Waals surface area (Å²) >= 11 is 0. The van der Waals surface area contributed by atoms with Gasteiger partial charge in [-0.25, -0.2) is 22.3 Å². The molecule has 0 spiro atoms. The molecule has 25 heavy (non-hydrogen) atoms. The number of hydrogen-bond donors (Lipinski definition) is 2. The van der Waals surface area contributed by atoms with Gasteiger partial charge in [-0.3, -0.25) is 5.32 Å². The molecule has 0 aliphatic heterocycles. The Labute approximate surface area is 148 Å². The van der Waals surface area contributed by atoms with Gasteiger partial charge < -0.3 is 4.74 Å². The zero-order chi connectivity index (χ0) is 18.3. The number of carbonyl (C=O) groups is 1. The van der Waals surface area contributed by atoms with E-state index in [1.165, 1.54) is 24.3 Å². The van der Waals surface area contributed by atoms with E-state index in [0.717, 1.165) is 19.3 Å². The lowest BCUT2D eigenvalue weighted by Crippen LogP contribution is -2.42. The fourth-order valence-electron chi connectivity index (χ4n) is 2.84. The van der Waals surface area contributed by atoms with Gasteiger partial charge in [0.05, 0.1) is 5.75 Å². The molecule has 6 nitrogen and oxygen atoms in total. The number of benzene rings is 1. The smallest absolute Gasteiger partial charge is 0.411 e. The van der Waals surface area contributed by atoms with Crippen LogP contribution >= 0.6 is 0 Å². The summed E-state index contributed by atoms with van der Waals surface area (Å²) in [7, 11) is -3.29. The van der Waals surface area contributed by atoms with Crippen LogP contribution in [0.25, 0.3) is 0 Å². The van der Waals surface area contributed by atoms with Crippen LogP contribution in [0.5, 0.6) is 0 Å². The van der Waals surface area contributed by atoms with Gasteiger partial charge in [0.25, 0.3) is 0 Å². The highest BCUT2D eigenvalue weighted by Crippen LogP contribution is 2.22. The molecule has 0 heterocycles. The Morgan fingerprint density at radius 2 is 2.00 bits per heavy atom. The zero-order valence-electron chi connectivity index (χ0n) is 14.3. The second kappa shape index (κ2) is 9.15. The number of ether oxygens (including phenoxy) is 1. The predicted octanol–water partition coefficient (Wildman–Crippen LogP) is 3.40. The van der Waals surface area contributed by atoms with Crippen molar-refractivity contribution in [2.75, 3.05) is 11.1 Å². The number of sulfonamides is 1. The van der Waals surface area contributed by atoms with Crippen molar-refractivity contribution in [3.05, 3.63) is 30.1 Å². The van der Waals surface area contributed by atoms with E-state index in [1.807, 2.05) is 6.92 Å². The van der Waals surface area contributed by atoms with Crippen LogP contribution in [0.2, 0.25) is 0 Å². The summed E-state index contributed by atoms with van der Waals surface area (Å²) < 4.78 is 44.9. The summed E-state index contributed by atoms with van der Waals surface area (Å²) in [4.78, 5) is 11.9. The van der Waals surface area contributed by atoms with Crippen molar-refractivity contribution in [3.63, 3.8) is 0 Å². The van der Waals surface area contributed by atoms with Gasteiger partial charge in [-0.2, -0.15) is 0 Å². The topological polar surface area (TPSA) is 84.5 Å². The maximum atomic E-state index is 12.9. The second-order valence-electron chi connectivity index (χ2n) is 6.31. The Balaban J connectivity index is 1.82. The highest BCUT2D eigenvalue weighted by Gasteiger charge is 2.27. The van der Waals surface area contributed by atoms with Crippen LogP contribution in [0.3, 0.4) is 0 Å². The summed E-state index contributed by atoms with van der Waals surface area (Å²) in [6.45, 7) is 1.94. The molecule has 0 unspecified atom stereocenters. The van der Waals surface area contributed by atoms with Gasteiger partial charge in [-0.1, -0.05) is 13.3 Å². The van der Waals surface area contributed by atoms with Crippen molar-refractivity contribution in [1.29, 1.82) is 0 Å². The molecule has 0 aromatic heterocycles. The van der Waals surface area contributed by atoms with Gasteiger partial charge in [-0.15, -0.1) is 0 Å². The molecule has 2 rings (SSSR count). The number of carbonyl (C=O) groups excluding carboxylic acids is 1. The summed E-state index contributed by atoms with van der Waals surface area (Å²) in [5.74, 6) is -0.263. The number of hydrogen-bond acceptors (Lipinski definition) is 4. The van der Waals surface area contributed by atoms with Gasteiger partial charge in [0.15, 0.2) is 0 Å². The van der Waals surface area contributed by atoms with Gasteiger partial charge in [-0.05, 0) is 49.9 Å². The monoisotopic (exact) mass is 372 g/mol. The maximum absolute atomic E-state index is 12.9. The lowest BCUT2D eigenvalue weighted by molar-refractivity contribution is 0.0793. The van der Waals surface area contributed by atoms with Gasteiger partial charge in [0, 0.05) is 18.2 Å². The molecule has 1 aliphatic rings. The van der Waals surface area contributed by atoms with E-state index in [-0.39, 0.29) is 23.7 Å². The van der Waals surface area contributed by atoms with Crippen molar-refractivity contribution in [3.8, 4) is 0 Å². The molecule has 1 aromatic rings. The number of anilines is 1. The number of halogens is 1. The molecule has 2 atom stereocenters. The average molecular weight is 372 g/mol. The molecule has 1 aliphatic carbocycles. The van der Waals surface area contributed by atoms with Crippen molar-refractivity contribution in [2.24, 2.45) is 0 Å². The molecule has 8 heteroatoms. The first-order valence-electron chi connectivity index (χ1n) is 8.61. The third-order valence-corrected chi connectivity index (χ3v) is 5.62. The van der Waals surface area contributed by atoms with Gasteiger partial charge >= 0.3 is 6.09 Å². The molecular formula is C17H25FN2O4S. The molecule has 1 amide bonds. The fraction of sp³-hybridized carbons (Fsp3) is 0.588. The molecule has 1 fully saturated rings. The Morgan fingerprint density at radius 3 is 2.68 bits per heavy atom. The van der Waals surface area contributed by atoms with Crippen molar-refractivity contribution in [2.45, 2.75) is 57.6 Å². The van der Waals surface area contributed by atoms with E-state index in [4.69, 9.17) is 4.74 Å². The summed E-state index contributed by atoms with van der Waals surface area (Å²) in [5.41, 5.74) is 0.444. The van der Waals surface area contributed by atoms with Crippen LogP contribution in [-0.2, 0) is 14.8 Å². The lowest BCUT2D eigenvalue weighted by atomic mass is 9.94. The van der Waals surface area contributed by atoms with Gasteiger partial charge in [0.1, 0.15) is 11.9 Å². The largest absolute Gasteiger partial charge is 0.446 e. The molecule has 0 saturated heterocycles. The van der Waals surface area contributed by atoms with Crippen molar-refractivity contribution < 1.29 is 22.3 Å². The van der Waals surface area contributed by atoms with E-state index in [9.17, 15) is 17.6 Å². The SMILES string of the molecule is CCCCS(=O)(=O)N[C@@H]1CCC[C@@H](OC(=O)Nc2ccc(F)cc2)C1. The second-order valence-corrected chi connectivity index (χ2v) is 8.19. The summed E-state index contributed by atoms with van der Waals surface area (Å²) in [6.07, 6.45) is 3.18. The average Bonchev–Trinajstić information content (AvgIpc) is 2.55. The van der Waals surface area contributed by atoms with E-state index in [0.29, 0.717) is 24.9 Å². The van der Waals surface area contributed by atoms with Crippen LogP contribution in [0.1, 0.15) is 45.4 Å². The minimum atomic E-state index is -3.29. The summed E-state index contributed by atoms with van der Waals surface area (Å²) in [6, 6.07) is 5.18. The highest BCUT2D eigenvalue weighted by atomic mass is 32.2. The lowest BCUT2D eigenvalue weighted by Gasteiger charge is -2.29. The Kier molecular flexibility index (Phi) is 7.19. The molecular weight excluding hydrogens is 347 g/mol. The minimum Gasteiger partial charge on any atom is -0.446 e. The highest BCUT2D eigenvalue weighted by molar-refractivity contribution is 7.89. The maximum Gasteiger partial charge on any atom is 0.411 e. The molecule has 2 N–H and O–H groups in total. The van der Waals surface area contributed by atoms with E-state index in [2.05, 4.69) is 10.0 Å². The summed E-state index contributed by atoms with van der Waals surface area (Å²) in [5, 5.41) is 2.54. The van der Waals surface area contributed by atoms with Crippen molar-refractivity contribution >= 4 is 21.8 Å².